The SMILES string of the molecule is Brc1ccc(OC2CCOC2)nc1.CC1(C)OB(c2ccc3c(c2)C(=O)Nc2cccc(n2)-c2nncn2CCCCO3)OC1(C)C.Fc1ccc(Br)cn1.O=C1Nc2cccc(n2)-c2nncn2CCCCOc2ccc(-c3ccc(OC4CCOC4)nc3)cc21.OC1CCOC1. The van der Waals surface area contributed by atoms with Crippen LogP contribution in [0, 0.1) is 5.95 Å². The number of aliphatic hydroxyl groups excluding tert-OH is 1. The first-order valence-corrected chi connectivity index (χ1v) is 33.9. The van der Waals surface area contributed by atoms with Crippen molar-refractivity contribution in [3.8, 4) is 57.4 Å². The van der Waals surface area contributed by atoms with E-state index >= 15 is 0 Å². The lowest BCUT2D eigenvalue weighted by Crippen LogP contribution is -2.41. The number of anilines is 2. The van der Waals surface area contributed by atoms with Crippen LogP contribution in [0.1, 0.15) is 93.4 Å². The molecule has 0 spiro atoms. The number of hydrogen-bond donors (Lipinski definition) is 3. The zero-order chi connectivity index (χ0) is 68.4. The second-order valence-corrected chi connectivity index (χ2v) is 26.1. The highest BCUT2D eigenvalue weighted by molar-refractivity contribution is 9.10. The summed E-state index contributed by atoms with van der Waals surface area (Å²) in [7, 11) is -0.580. The van der Waals surface area contributed by atoms with Crippen molar-refractivity contribution in [1.29, 1.82) is 0 Å². The molecule has 29 heteroatoms. The number of amides is 2. The number of aryl methyl sites for hydroxylation is 2. The van der Waals surface area contributed by atoms with Crippen molar-refractivity contribution < 1.29 is 61.6 Å². The van der Waals surface area contributed by atoms with Crippen molar-refractivity contribution >= 4 is 67.9 Å². The molecule has 0 aliphatic carbocycles. The molecule has 6 aliphatic heterocycles. The van der Waals surface area contributed by atoms with Gasteiger partial charge in [0.15, 0.2) is 11.6 Å². The van der Waals surface area contributed by atoms with Crippen LogP contribution in [-0.4, -0.2) is 161 Å². The van der Waals surface area contributed by atoms with Gasteiger partial charge in [0.05, 0.1) is 74.7 Å². The van der Waals surface area contributed by atoms with Gasteiger partial charge in [-0.2, -0.15) is 4.39 Å². The van der Waals surface area contributed by atoms with E-state index in [0.29, 0.717) is 109 Å². The first kappa shape index (κ1) is 70.6. The third-order valence-electron chi connectivity index (χ3n) is 16.5. The van der Waals surface area contributed by atoms with E-state index in [9.17, 15) is 14.0 Å². The number of aromatic nitrogens is 11. The molecule has 13 heterocycles. The Morgan fingerprint density at radius 2 is 1.08 bits per heavy atom. The van der Waals surface area contributed by atoms with Crippen molar-refractivity contribution in [3.05, 3.63) is 166 Å². The summed E-state index contributed by atoms with van der Waals surface area (Å²) in [5.74, 6) is 3.34. The van der Waals surface area contributed by atoms with Crippen LogP contribution in [0.4, 0.5) is 16.0 Å². The van der Waals surface area contributed by atoms with Gasteiger partial charge in [-0.15, -0.1) is 20.4 Å². The zero-order valence-electron chi connectivity index (χ0n) is 54.6. The van der Waals surface area contributed by atoms with Crippen LogP contribution in [0.5, 0.6) is 23.3 Å². The Labute approximate surface area is 583 Å². The summed E-state index contributed by atoms with van der Waals surface area (Å²) in [5.41, 5.74) is 3.63. The Hall–Kier alpha value is -8.68. The number of nitrogens with zero attached hydrogens (tertiary/aromatic N) is 11. The molecule has 9 aromatic rings. The largest absolute Gasteiger partial charge is 0.494 e. The number of aliphatic hydroxyl groups is 1. The summed E-state index contributed by atoms with van der Waals surface area (Å²) in [6, 6.07) is 32.4. The van der Waals surface area contributed by atoms with Gasteiger partial charge in [0, 0.05) is 77.8 Å². The standard InChI is InChI=1S/C27H26N6O4.C24H28BN5O4.C9H10BrNO2.C5H3BrFN.C4H8O2/c34-27-21-14-18(19-7-9-25(28-15-19)37-20-10-13-35-16-20)6-8-23(21)36-12-2-1-11-33-17-29-32-26(33)22-4-3-5-24(30-22)31-27;1-23(2)24(3,4)34-25(33-23)16-10-11-19-17(14-16)22(31)28-20-9-7-8-18(27-20)21-29-26-15-30(21)12-5-6-13-32-19;10-7-1-2-9(11-5-7)13-8-3-4-12-6-8;6-4-1-2-5(7)8-3-4;5-4-1-2-6-3-4/h3-9,14-15,17,20H,1-2,10-13,16H2,(H,30,31,34);7-11,14-15H,5-6,12-13H2,1-4H3,(H,27,28,31);1-2,5,8H,3-4,6H2;1-3H;4-5H,1-3H2. The quantitative estimate of drug-likeness (QED) is 0.103. The smallest absolute Gasteiger partial charge is 0.493 e. The number of carbonyl (C=O) groups excluding carboxylic acids is 2. The Bertz CT molecular complexity index is 4050. The van der Waals surface area contributed by atoms with Crippen LogP contribution in [0.2, 0.25) is 0 Å². The van der Waals surface area contributed by atoms with Crippen molar-refractivity contribution in [2.45, 2.75) is 115 Å². The number of carbonyl (C=O) groups is 2. The molecule has 25 nitrogen and oxygen atoms in total. The molecule has 0 saturated carbocycles. The predicted octanol–water partition coefficient (Wildman–Crippen LogP) is 10.8. The lowest BCUT2D eigenvalue weighted by Gasteiger charge is -2.32. The number of hydrogen-bond acceptors (Lipinski definition) is 21. The Balaban J connectivity index is 0.000000144. The van der Waals surface area contributed by atoms with E-state index in [-0.39, 0.29) is 30.1 Å². The van der Waals surface area contributed by atoms with Crippen molar-refractivity contribution in [2.75, 3.05) is 63.5 Å². The fourth-order valence-electron chi connectivity index (χ4n) is 10.5. The minimum atomic E-state index is -0.580. The van der Waals surface area contributed by atoms with Crippen molar-refractivity contribution in [1.82, 2.24) is 54.4 Å². The van der Waals surface area contributed by atoms with Crippen LogP contribution in [0.15, 0.2) is 149 Å². The number of fused-ring (bicyclic) bond motifs is 10. The van der Waals surface area contributed by atoms with Gasteiger partial charge >= 0.3 is 7.12 Å². The molecule has 6 aliphatic rings. The van der Waals surface area contributed by atoms with E-state index < -0.39 is 24.3 Å². The first-order chi connectivity index (χ1) is 47.5. The van der Waals surface area contributed by atoms with Gasteiger partial charge in [0.2, 0.25) is 17.7 Å². The Kier molecular flexibility index (Phi) is 24.3. The molecule has 98 heavy (non-hydrogen) atoms. The normalized spacial score (nSPS) is 19.1. The molecule has 3 atom stereocenters. The number of ether oxygens (including phenoxy) is 7. The number of nitrogens with one attached hydrogen (secondary N) is 2. The van der Waals surface area contributed by atoms with Gasteiger partial charge in [-0.05, 0) is 175 Å². The van der Waals surface area contributed by atoms with Gasteiger partial charge < -0.3 is 67.3 Å². The lowest BCUT2D eigenvalue weighted by atomic mass is 9.78. The van der Waals surface area contributed by atoms with Crippen LogP contribution < -0.4 is 35.0 Å². The maximum absolute atomic E-state index is 13.4. The molecule has 4 fully saturated rings. The van der Waals surface area contributed by atoms with E-state index in [1.165, 1.54) is 12.3 Å². The van der Waals surface area contributed by atoms with Crippen LogP contribution >= 0.6 is 31.9 Å². The third kappa shape index (κ3) is 19.4. The summed E-state index contributed by atoms with van der Waals surface area (Å²) in [4.78, 5) is 47.9. The topological polar surface area (TPSA) is 287 Å². The van der Waals surface area contributed by atoms with Crippen molar-refractivity contribution in [3.63, 3.8) is 0 Å². The Morgan fingerprint density at radius 1 is 0.571 bits per heavy atom. The summed E-state index contributed by atoms with van der Waals surface area (Å²) in [6.45, 7) is 14.5. The number of pyridine rings is 5. The molecule has 7 aromatic heterocycles. The van der Waals surface area contributed by atoms with Crippen molar-refractivity contribution in [2.24, 2.45) is 0 Å². The number of rotatable bonds is 6. The number of halogens is 3. The second kappa shape index (κ2) is 33.7. The second-order valence-electron chi connectivity index (χ2n) is 24.3. The van der Waals surface area contributed by atoms with Crippen LogP contribution in [0.3, 0.4) is 0 Å². The molecule has 3 N–H and O–H groups in total. The van der Waals surface area contributed by atoms with E-state index in [4.69, 9.17) is 47.6 Å². The fourth-order valence-corrected chi connectivity index (χ4v) is 10.9. The highest BCUT2D eigenvalue weighted by Crippen LogP contribution is 2.37. The molecule has 2 aromatic carbocycles. The first-order valence-electron chi connectivity index (χ1n) is 32.3. The molecule has 0 radical (unpaired) electrons. The predicted molar refractivity (Wildman–Crippen MR) is 369 cm³/mol. The molecular weight excluding hydrogens is 1390 g/mol. The highest BCUT2D eigenvalue weighted by Gasteiger charge is 2.52. The lowest BCUT2D eigenvalue weighted by molar-refractivity contribution is 0.00578. The summed E-state index contributed by atoms with van der Waals surface area (Å²) < 4.78 is 68.9. The van der Waals surface area contributed by atoms with E-state index in [2.05, 4.69) is 87.8 Å². The van der Waals surface area contributed by atoms with E-state index in [1.54, 1.807) is 49.3 Å². The molecule has 15 rings (SSSR count). The maximum Gasteiger partial charge on any atom is 0.494 e. The molecular formula is C69H75BBr2FN13O12. The van der Waals surface area contributed by atoms with Crippen LogP contribution in [0.25, 0.3) is 34.2 Å². The molecule has 3 unspecified atom stereocenters. The average molecular weight is 1470 g/mol. The average Bonchev–Trinajstić information content (AvgIpc) is 1.64. The summed E-state index contributed by atoms with van der Waals surface area (Å²) in [5, 5.41) is 30.9. The van der Waals surface area contributed by atoms with Gasteiger partial charge in [0.25, 0.3) is 11.8 Å². The highest BCUT2D eigenvalue weighted by atomic mass is 79.9. The minimum Gasteiger partial charge on any atom is -0.493 e. The molecule has 2 amide bonds. The fraction of sp³-hybridized carbons (Fsp3) is 0.377. The van der Waals surface area contributed by atoms with E-state index in [0.717, 1.165) is 96.8 Å². The minimum absolute atomic E-state index is 0.0360. The number of benzene rings is 2. The summed E-state index contributed by atoms with van der Waals surface area (Å²) >= 11 is 6.43. The molecule has 512 valence electrons. The monoisotopic (exact) mass is 1470 g/mol. The summed E-state index contributed by atoms with van der Waals surface area (Å²) in [6.07, 6.45) is 14.3. The maximum atomic E-state index is 13.4. The van der Waals surface area contributed by atoms with Gasteiger partial charge in [0.1, 0.15) is 59.4 Å². The molecule has 4 saturated heterocycles. The van der Waals surface area contributed by atoms with Gasteiger partial charge in [-0.1, -0.05) is 24.3 Å². The third-order valence-corrected chi connectivity index (χ3v) is 17.4. The zero-order valence-corrected chi connectivity index (χ0v) is 57.8. The van der Waals surface area contributed by atoms with E-state index in [1.807, 2.05) is 116 Å². The molecule has 4 bridgehead atoms. The van der Waals surface area contributed by atoms with Crippen LogP contribution in [-0.2, 0) is 36.6 Å². The Morgan fingerprint density at radius 3 is 1.55 bits per heavy atom. The van der Waals surface area contributed by atoms with Gasteiger partial charge in [-0.25, -0.2) is 24.9 Å². The van der Waals surface area contributed by atoms with Gasteiger partial charge in [-0.3, -0.25) is 9.59 Å².